The summed E-state index contributed by atoms with van der Waals surface area (Å²) in [6.07, 6.45) is 2.06. The Hall–Kier alpha value is -3.81. The summed E-state index contributed by atoms with van der Waals surface area (Å²) in [7, 11) is 4.19. The molecule has 3 rings (SSSR count). The summed E-state index contributed by atoms with van der Waals surface area (Å²) in [5.41, 5.74) is 2.50. The van der Waals surface area contributed by atoms with Gasteiger partial charge in [-0.2, -0.15) is 0 Å². The van der Waals surface area contributed by atoms with Crippen LogP contribution in [0.25, 0.3) is 11.3 Å². The third-order valence-electron chi connectivity index (χ3n) is 4.66. The predicted octanol–water partition coefficient (Wildman–Crippen LogP) is 4.03. The smallest absolute Gasteiger partial charge is 0.340 e. The molecular weight excluding hydrogens is 400 g/mol. The number of nitrogens with zero attached hydrogens (tertiary/aromatic N) is 1. The van der Waals surface area contributed by atoms with E-state index in [-0.39, 0.29) is 23.6 Å². The zero-order valence-corrected chi connectivity index (χ0v) is 17.9. The molecule has 0 aliphatic carbocycles. The summed E-state index contributed by atoms with van der Waals surface area (Å²) in [5.74, 6) is 0.902. The number of ether oxygens (including phenoxy) is 3. The number of esters is 1. The van der Waals surface area contributed by atoms with Gasteiger partial charge in [-0.05, 0) is 6.92 Å². The fraction of sp³-hybridized carbons (Fsp3) is 0.261. The van der Waals surface area contributed by atoms with Crippen molar-refractivity contribution in [2.75, 3.05) is 26.6 Å². The summed E-state index contributed by atoms with van der Waals surface area (Å²) < 4.78 is 21.0. The lowest BCUT2D eigenvalue weighted by atomic mass is 10.1. The van der Waals surface area contributed by atoms with Gasteiger partial charge in [0.25, 0.3) is 0 Å². The van der Waals surface area contributed by atoms with E-state index in [1.165, 1.54) is 33.5 Å². The normalized spacial score (nSPS) is 10.5. The largest absolute Gasteiger partial charge is 0.493 e. The molecule has 0 atom stereocenters. The molecule has 0 radical (unpaired) electrons. The monoisotopic (exact) mass is 424 g/mol. The summed E-state index contributed by atoms with van der Waals surface area (Å²) in [4.78, 5) is 28.9. The highest BCUT2D eigenvalue weighted by Gasteiger charge is 2.19. The summed E-state index contributed by atoms with van der Waals surface area (Å²) in [5, 5.41) is 2.72. The minimum atomic E-state index is -0.605. The molecule has 0 saturated carbocycles. The van der Waals surface area contributed by atoms with Crippen molar-refractivity contribution in [3.8, 4) is 22.8 Å². The van der Waals surface area contributed by atoms with Crippen LogP contribution in [-0.2, 0) is 16.0 Å². The molecule has 1 heterocycles. The second-order valence-electron chi connectivity index (χ2n) is 6.78. The Kier molecular flexibility index (Phi) is 6.92. The molecule has 0 unspecified atom stereocenters. The Bertz CT molecular complexity index is 1070. The van der Waals surface area contributed by atoms with Gasteiger partial charge in [0.2, 0.25) is 5.91 Å². The van der Waals surface area contributed by atoms with Gasteiger partial charge >= 0.3 is 5.97 Å². The second-order valence-corrected chi connectivity index (χ2v) is 6.78. The standard InChI is InChI=1S/C23H24N2O6/c1-14-5-7-15(8-6-14)20-13-24-22(31-20)10-9-21(26)25-17-12-19(29-3)18(28-2)11-16(17)23(27)30-4/h5-8,11-13H,9-10H2,1-4H3,(H,25,26). The Morgan fingerprint density at radius 2 is 1.71 bits per heavy atom. The van der Waals surface area contributed by atoms with Crippen molar-refractivity contribution in [2.45, 2.75) is 19.8 Å². The number of hydrogen-bond donors (Lipinski definition) is 1. The molecule has 31 heavy (non-hydrogen) atoms. The Balaban J connectivity index is 1.69. The van der Waals surface area contributed by atoms with Crippen molar-refractivity contribution in [3.05, 3.63) is 59.6 Å². The molecule has 1 amide bonds. The minimum Gasteiger partial charge on any atom is -0.493 e. The van der Waals surface area contributed by atoms with Gasteiger partial charge in [0, 0.05) is 30.5 Å². The van der Waals surface area contributed by atoms with Gasteiger partial charge < -0.3 is 23.9 Å². The summed E-state index contributed by atoms with van der Waals surface area (Å²) >= 11 is 0. The molecule has 1 N–H and O–H groups in total. The van der Waals surface area contributed by atoms with Crippen LogP contribution in [0.1, 0.15) is 28.2 Å². The first-order valence-corrected chi connectivity index (χ1v) is 9.61. The van der Waals surface area contributed by atoms with Crippen molar-refractivity contribution < 1.29 is 28.2 Å². The van der Waals surface area contributed by atoms with Gasteiger partial charge in [-0.15, -0.1) is 0 Å². The van der Waals surface area contributed by atoms with Crippen LogP contribution < -0.4 is 14.8 Å². The average molecular weight is 424 g/mol. The van der Waals surface area contributed by atoms with Crippen LogP contribution in [0, 0.1) is 6.92 Å². The first-order chi connectivity index (χ1) is 14.9. The van der Waals surface area contributed by atoms with Crippen LogP contribution in [0.2, 0.25) is 0 Å². The number of anilines is 1. The number of benzene rings is 2. The maximum atomic E-state index is 12.5. The maximum Gasteiger partial charge on any atom is 0.340 e. The maximum absolute atomic E-state index is 12.5. The molecular formula is C23H24N2O6. The number of aromatic nitrogens is 1. The predicted molar refractivity (Wildman–Crippen MR) is 115 cm³/mol. The zero-order chi connectivity index (χ0) is 22.4. The van der Waals surface area contributed by atoms with E-state index in [0.717, 1.165) is 11.1 Å². The molecule has 0 saturated heterocycles. The van der Waals surface area contributed by atoms with E-state index < -0.39 is 5.97 Å². The van der Waals surface area contributed by atoms with Gasteiger partial charge in [-0.3, -0.25) is 4.79 Å². The highest BCUT2D eigenvalue weighted by atomic mass is 16.5. The molecule has 0 spiro atoms. The lowest BCUT2D eigenvalue weighted by Crippen LogP contribution is -2.16. The van der Waals surface area contributed by atoms with Gasteiger partial charge in [0.15, 0.2) is 23.1 Å². The highest BCUT2D eigenvalue weighted by molar-refractivity contribution is 6.02. The molecule has 0 fully saturated rings. The number of rotatable bonds is 8. The third kappa shape index (κ3) is 5.22. The van der Waals surface area contributed by atoms with Crippen molar-refractivity contribution in [1.82, 2.24) is 4.98 Å². The van der Waals surface area contributed by atoms with Gasteiger partial charge in [-0.1, -0.05) is 29.8 Å². The fourth-order valence-corrected chi connectivity index (χ4v) is 2.97. The Morgan fingerprint density at radius 3 is 2.35 bits per heavy atom. The van der Waals surface area contributed by atoms with Crippen LogP contribution >= 0.6 is 0 Å². The van der Waals surface area contributed by atoms with Gasteiger partial charge in [0.1, 0.15) is 0 Å². The number of oxazole rings is 1. The Morgan fingerprint density at radius 1 is 1.03 bits per heavy atom. The molecule has 8 nitrogen and oxygen atoms in total. The van der Waals surface area contributed by atoms with E-state index >= 15 is 0 Å². The van der Waals surface area contributed by atoms with Crippen LogP contribution in [0.5, 0.6) is 11.5 Å². The zero-order valence-electron chi connectivity index (χ0n) is 17.9. The van der Waals surface area contributed by atoms with E-state index in [1.54, 1.807) is 6.20 Å². The van der Waals surface area contributed by atoms with E-state index in [1.807, 2.05) is 31.2 Å². The summed E-state index contributed by atoms with van der Waals surface area (Å²) in [6.45, 7) is 2.01. The minimum absolute atomic E-state index is 0.114. The molecule has 2 aromatic carbocycles. The van der Waals surface area contributed by atoms with Gasteiger partial charge in [0.05, 0.1) is 38.8 Å². The second kappa shape index (κ2) is 9.80. The van der Waals surface area contributed by atoms with E-state index in [4.69, 9.17) is 18.6 Å². The molecule has 1 aromatic heterocycles. The van der Waals surface area contributed by atoms with Crippen molar-refractivity contribution >= 4 is 17.6 Å². The molecule has 0 aliphatic rings. The van der Waals surface area contributed by atoms with Gasteiger partial charge in [-0.25, -0.2) is 9.78 Å². The summed E-state index contributed by atoms with van der Waals surface area (Å²) in [6, 6.07) is 10.9. The number of aryl methyl sites for hydroxylation is 2. The lowest BCUT2D eigenvalue weighted by molar-refractivity contribution is -0.116. The van der Waals surface area contributed by atoms with E-state index in [2.05, 4.69) is 10.3 Å². The van der Waals surface area contributed by atoms with Crippen molar-refractivity contribution in [2.24, 2.45) is 0 Å². The molecule has 8 heteroatoms. The molecule has 3 aromatic rings. The average Bonchev–Trinajstić information content (AvgIpc) is 3.26. The topological polar surface area (TPSA) is 99.9 Å². The molecule has 0 aliphatic heterocycles. The van der Waals surface area contributed by atoms with E-state index in [9.17, 15) is 9.59 Å². The Labute approximate surface area is 180 Å². The van der Waals surface area contributed by atoms with Crippen LogP contribution in [0.4, 0.5) is 5.69 Å². The third-order valence-corrected chi connectivity index (χ3v) is 4.66. The number of hydrogen-bond acceptors (Lipinski definition) is 7. The number of methoxy groups -OCH3 is 3. The molecule has 162 valence electrons. The SMILES string of the molecule is COC(=O)c1cc(OC)c(OC)cc1NC(=O)CCc1ncc(-c2ccc(C)cc2)o1. The highest BCUT2D eigenvalue weighted by Crippen LogP contribution is 2.34. The fourth-order valence-electron chi connectivity index (χ4n) is 2.97. The first-order valence-electron chi connectivity index (χ1n) is 9.61. The lowest BCUT2D eigenvalue weighted by Gasteiger charge is -2.14. The first kappa shape index (κ1) is 21.9. The van der Waals surface area contributed by atoms with Crippen LogP contribution in [0.15, 0.2) is 47.0 Å². The number of carbonyl (C=O) groups excluding carboxylic acids is 2. The van der Waals surface area contributed by atoms with Crippen LogP contribution in [-0.4, -0.2) is 38.2 Å². The number of nitrogens with one attached hydrogen (secondary N) is 1. The van der Waals surface area contributed by atoms with Crippen LogP contribution in [0.3, 0.4) is 0 Å². The van der Waals surface area contributed by atoms with E-state index in [0.29, 0.717) is 29.6 Å². The quantitative estimate of drug-likeness (QED) is 0.545. The van der Waals surface area contributed by atoms with Crippen molar-refractivity contribution in [1.29, 1.82) is 0 Å². The number of carbonyl (C=O) groups is 2. The van der Waals surface area contributed by atoms with Crippen molar-refractivity contribution in [3.63, 3.8) is 0 Å². The number of amides is 1. The molecule has 0 bridgehead atoms.